The lowest BCUT2D eigenvalue weighted by molar-refractivity contribution is -0.152. The second-order valence-electron chi connectivity index (χ2n) is 2.72. The van der Waals surface area contributed by atoms with Crippen molar-refractivity contribution in [2.24, 2.45) is 0 Å². The third kappa shape index (κ3) is 1.35. The van der Waals surface area contributed by atoms with Crippen LogP contribution in [0.4, 0.5) is 0 Å². The fraction of sp³-hybridized carbons (Fsp3) is 0.833. The van der Waals surface area contributed by atoms with Gasteiger partial charge in [0, 0.05) is 0 Å². The fourth-order valence-electron chi connectivity index (χ4n) is 1.03. The van der Waals surface area contributed by atoms with Gasteiger partial charge in [0.15, 0.2) is 6.10 Å². The Kier molecular flexibility index (Phi) is 2.12. The number of nitrogens with one attached hydrogen (secondary N) is 1. The van der Waals surface area contributed by atoms with E-state index in [9.17, 15) is 4.79 Å². The summed E-state index contributed by atoms with van der Waals surface area (Å²) in [5.41, 5.74) is 0. The predicted molar refractivity (Wildman–Crippen MR) is 35.6 cm³/mol. The molecule has 0 aromatic heterocycles. The molecule has 0 saturated carbocycles. The minimum atomic E-state index is -1.51. The Labute approximate surface area is 63.7 Å². The first kappa shape index (κ1) is 8.45. The van der Waals surface area contributed by atoms with Crippen LogP contribution in [0.5, 0.6) is 0 Å². The summed E-state index contributed by atoms with van der Waals surface area (Å²) in [5, 5.41) is 29.4. The molecule has 0 unspecified atom stereocenters. The number of carbonyl (C=O) groups excluding carboxylic acids is 1. The van der Waals surface area contributed by atoms with E-state index in [0.717, 1.165) is 0 Å². The van der Waals surface area contributed by atoms with Crippen molar-refractivity contribution < 1.29 is 20.1 Å². The van der Waals surface area contributed by atoms with E-state index < -0.39 is 30.3 Å². The van der Waals surface area contributed by atoms with Crippen molar-refractivity contribution in [3.05, 3.63) is 0 Å². The fourth-order valence-corrected chi connectivity index (χ4v) is 1.03. The van der Waals surface area contributed by atoms with Gasteiger partial charge in [-0.1, -0.05) is 0 Å². The lowest BCUT2D eigenvalue weighted by Crippen LogP contribution is -2.61. The maximum atomic E-state index is 10.7. The average molecular weight is 161 g/mol. The molecule has 0 spiro atoms. The molecule has 1 fully saturated rings. The third-order valence-electron chi connectivity index (χ3n) is 1.82. The highest BCUT2D eigenvalue weighted by Gasteiger charge is 2.39. The molecule has 64 valence electrons. The molecule has 4 atom stereocenters. The summed E-state index contributed by atoms with van der Waals surface area (Å²) in [4.78, 5) is 10.7. The van der Waals surface area contributed by atoms with Crippen LogP contribution in [0.1, 0.15) is 6.92 Å². The minimum Gasteiger partial charge on any atom is -0.388 e. The van der Waals surface area contributed by atoms with Gasteiger partial charge in [0.05, 0.1) is 6.04 Å². The van der Waals surface area contributed by atoms with E-state index >= 15 is 0 Å². The predicted octanol–water partition coefficient (Wildman–Crippen LogP) is -2.41. The molecule has 5 heteroatoms. The highest BCUT2D eigenvalue weighted by atomic mass is 16.4. The number of rotatable bonds is 0. The van der Waals surface area contributed by atoms with Crippen LogP contribution in [0.25, 0.3) is 0 Å². The Morgan fingerprint density at radius 2 is 1.82 bits per heavy atom. The van der Waals surface area contributed by atoms with E-state index in [-0.39, 0.29) is 0 Å². The average Bonchev–Trinajstić information content (AvgIpc) is 1.97. The van der Waals surface area contributed by atoms with Gasteiger partial charge in [0.1, 0.15) is 12.2 Å². The van der Waals surface area contributed by atoms with E-state index in [2.05, 4.69) is 5.32 Å². The largest absolute Gasteiger partial charge is 0.388 e. The number of amides is 1. The highest BCUT2D eigenvalue weighted by molar-refractivity contribution is 5.82. The number of hydrogen-bond donors (Lipinski definition) is 4. The Hall–Kier alpha value is -0.650. The molecular weight excluding hydrogens is 150 g/mol. The molecular formula is C6H11NO4. The lowest BCUT2D eigenvalue weighted by atomic mass is 9.97. The van der Waals surface area contributed by atoms with Gasteiger partial charge in [-0.2, -0.15) is 0 Å². The normalized spacial score (nSPS) is 45.3. The highest BCUT2D eigenvalue weighted by Crippen LogP contribution is 2.10. The van der Waals surface area contributed by atoms with Crippen LogP contribution in [0, 0.1) is 0 Å². The van der Waals surface area contributed by atoms with Gasteiger partial charge in [0.25, 0.3) is 5.91 Å². The first-order chi connectivity index (χ1) is 5.04. The van der Waals surface area contributed by atoms with E-state index in [1.54, 1.807) is 6.92 Å². The monoisotopic (exact) mass is 161 g/mol. The molecule has 1 aliphatic heterocycles. The van der Waals surface area contributed by atoms with E-state index in [4.69, 9.17) is 15.3 Å². The number of carbonyl (C=O) groups is 1. The number of aliphatic hydroxyl groups is 3. The van der Waals surface area contributed by atoms with E-state index in [0.29, 0.717) is 0 Å². The SMILES string of the molecule is C[C@H]1NC(=O)[C@H](O)[C@H](O)[C@H]1O. The summed E-state index contributed by atoms with van der Waals surface area (Å²) >= 11 is 0. The van der Waals surface area contributed by atoms with Gasteiger partial charge in [-0.3, -0.25) is 4.79 Å². The third-order valence-corrected chi connectivity index (χ3v) is 1.82. The Morgan fingerprint density at radius 1 is 1.27 bits per heavy atom. The van der Waals surface area contributed by atoms with Crippen molar-refractivity contribution in [1.29, 1.82) is 0 Å². The smallest absolute Gasteiger partial charge is 0.251 e. The van der Waals surface area contributed by atoms with Crippen LogP contribution in [-0.2, 0) is 4.79 Å². The number of aliphatic hydroxyl groups excluding tert-OH is 3. The van der Waals surface area contributed by atoms with Crippen molar-refractivity contribution in [3.63, 3.8) is 0 Å². The Bertz CT molecular complexity index is 172. The van der Waals surface area contributed by atoms with Crippen molar-refractivity contribution in [2.45, 2.75) is 31.3 Å². The second-order valence-corrected chi connectivity index (χ2v) is 2.72. The van der Waals surface area contributed by atoms with Crippen LogP contribution in [0.3, 0.4) is 0 Å². The first-order valence-electron chi connectivity index (χ1n) is 3.38. The maximum Gasteiger partial charge on any atom is 0.251 e. The van der Waals surface area contributed by atoms with Gasteiger partial charge in [0.2, 0.25) is 0 Å². The van der Waals surface area contributed by atoms with E-state index in [1.807, 2.05) is 0 Å². The molecule has 5 nitrogen and oxygen atoms in total. The molecule has 0 aliphatic carbocycles. The summed E-state index contributed by atoms with van der Waals surface area (Å²) in [7, 11) is 0. The molecule has 0 aromatic carbocycles. The number of hydrogen-bond acceptors (Lipinski definition) is 4. The summed E-state index contributed by atoms with van der Waals surface area (Å²) in [5.74, 6) is -0.643. The minimum absolute atomic E-state index is 0.513. The summed E-state index contributed by atoms with van der Waals surface area (Å²) < 4.78 is 0. The number of piperidine rings is 1. The quantitative estimate of drug-likeness (QED) is 0.318. The van der Waals surface area contributed by atoms with Gasteiger partial charge in [-0.15, -0.1) is 0 Å². The summed E-state index contributed by atoms with van der Waals surface area (Å²) in [6, 6.07) is -0.513. The molecule has 1 rings (SSSR count). The van der Waals surface area contributed by atoms with Crippen molar-refractivity contribution >= 4 is 5.91 Å². The molecule has 0 radical (unpaired) electrons. The van der Waals surface area contributed by atoms with Crippen LogP contribution in [-0.4, -0.2) is 45.6 Å². The topological polar surface area (TPSA) is 89.8 Å². The van der Waals surface area contributed by atoms with Crippen molar-refractivity contribution in [3.8, 4) is 0 Å². The molecule has 1 amide bonds. The van der Waals surface area contributed by atoms with Crippen LogP contribution in [0.15, 0.2) is 0 Å². The van der Waals surface area contributed by atoms with Gasteiger partial charge in [-0.05, 0) is 6.92 Å². The van der Waals surface area contributed by atoms with Gasteiger partial charge >= 0.3 is 0 Å². The van der Waals surface area contributed by atoms with Gasteiger partial charge in [-0.25, -0.2) is 0 Å². The summed E-state index contributed by atoms with van der Waals surface area (Å²) in [6.07, 6.45) is -3.98. The van der Waals surface area contributed by atoms with E-state index in [1.165, 1.54) is 0 Å². The Balaban J connectivity index is 2.70. The second kappa shape index (κ2) is 2.77. The van der Waals surface area contributed by atoms with Crippen LogP contribution >= 0.6 is 0 Å². The zero-order chi connectivity index (χ0) is 8.59. The maximum absolute atomic E-state index is 10.7. The zero-order valence-corrected chi connectivity index (χ0v) is 6.06. The van der Waals surface area contributed by atoms with Crippen molar-refractivity contribution in [2.75, 3.05) is 0 Å². The van der Waals surface area contributed by atoms with Crippen molar-refractivity contribution in [1.82, 2.24) is 5.32 Å². The standard InChI is InChI=1S/C6H11NO4/c1-2-3(8)4(9)5(10)6(11)7-2/h2-5,8-10H,1H3,(H,7,11)/t2-,3+,4-,5-/m1/s1. The van der Waals surface area contributed by atoms with Crippen LogP contribution in [0.2, 0.25) is 0 Å². The molecule has 0 aromatic rings. The zero-order valence-electron chi connectivity index (χ0n) is 6.06. The molecule has 0 bridgehead atoms. The molecule has 1 saturated heterocycles. The molecule has 4 N–H and O–H groups in total. The Morgan fingerprint density at radius 3 is 2.36 bits per heavy atom. The summed E-state index contributed by atoms with van der Waals surface area (Å²) in [6.45, 7) is 1.55. The first-order valence-corrected chi connectivity index (χ1v) is 3.38. The lowest BCUT2D eigenvalue weighted by Gasteiger charge is -2.33. The molecule has 1 aliphatic rings. The molecule has 1 heterocycles. The van der Waals surface area contributed by atoms with Crippen LogP contribution < -0.4 is 5.32 Å². The molecule has 11 heavy (non-hydrogen) atoms. The van der Waals surface area contributed by atoms with Gasteiger partial charge < -0.3 is 20.6 Å².